The van der Waals surface area contributed by atoms with Crippen molar-refractivity contribution >= 4 is 0 Å². The van der Waals surface area contributed by atoms with Gasteiger partial charge in [0.15, 0.2) is 0 Å². The molecule has 0 spiro atoms. The second-order valence-corrected chi connectivity index (χ2v) is 5.34. The van der Waals surface area contributed by atoms with Gasteiger partial charge in [-0.25, -0.2) is 0 Å². The summed E-state index contributed by atoms with van der Waals surface area (Å²) in [6, 6.07) is 8.65. The first-order valence-corrected chi connectivity index (χ1v) is 7.48. The molecule has 2 rings (SSSR count). The van der Waals surface area contributed by atoms with Gasteiger partial charge in [-0.05, 0) is 30.5 Å². The molecule has 5 heteroatoms. The molecule has 0 bridgehead atoms. The van der Waals surface area contributed by atoms with Gasteiger partial charge in [0.1, 0.15) is 18.5 Å². The number of rotatable bonds is 11. The third kappa shape index (κ3) is 6.91. The van der Waals surface area contributed by atoms with Crippen LogP contribution in [0.15, 0.2) is 24.3 Å². The molecule has 0 saturated heterocycles. The number of ether oxygens (including phenoxy) is 3. The maximum absolute atomic E-state index is 9.76. The van der Waals surface area contributed by atoms with Gasteiger partial charge < -0.3 is 24.6 Å². The van der Waals surface area contributed by atoms with E-state index in [1.54, 1.807) is 7.11 Å². The van der Waals surface area contributed by atoms with Crippen LogP contribution in [0.5, 0.6) is 5.75 Å². The quantitative estimate of drug-likeness (QED) is 0.603. The summed E-state index contributed by atoms with van der Waals surface area (Å²) in [4.78, 5) is 0. The number of benzene rings is 1. The summed E-state index contributed by atoms with van der Waals surface area (Å²) in [6.45, 7) is 2.36. The zero-order chi connectivity index (χ0) is 14.9. The van der Waals surface area contributed by atoms with E-state index in [1.165, 1.54) is 18.4 Å². The zero-order valence-corrected chi connectivity index (χ0v) is 12.6. The number of hydrogen-bond donors (Lipinski definition) is 2. The average Bonchev–Trinajstić information content (AvgIpc) is 3.32. The highest BCUT2D eigenvalue weighted by atomic mass is 16.5. The molecule has 5 nitrogen and oxygen atoms in total. The highest BCUT2D eigenvalue weighted by Crippen LogP contribution is 2.20. The zero-order valence-electron chi connectivity index (χ0n) is 12.6. The van der Waals surface area contributed by atoms with Gasteiger partial charge in [-0.3, -0.25) is 0 Å². The van der Waals surface area contributed by atoms with E-state index in [9.17, 15) is 5.11 Å². The van der Waals surface area contributed by atoms with Crippen LogP contribution in [0.2, 0.25) is 0 Å². The highest BCUT2D eigenvalue weighted by molar-refractivity contribution is 5.28. The molecule has 1 unspecified atom stereocenters. The Balaban J connectivity index is 1.65. The van der Waals surface area contributed by atoms with Crippen LogP contribution in [0.4, 0.5) is 0 Å². The van der Waals surface area contributed by atoms with Gasteiger partial charge in [-0.15, -0.1) is 0 Å². The van der Waals surface area contributed by atoms with E-state index in [0.717, 1.165) is 12.3 Å². The van der Waals surface area contributed by atoms with Crippen LogP contribution in [0.25, 0.3) is 0 Å². The molecule has 1 aromatic rings. The summed E-state index contributed by atoms with van der Waals surface area (Å²) in [5, 5.41) is 13.2. The second-order valence-electron chi connectivity index (χ2n) is 5.34. The Kier molecular flexibility index (Phi) is 6.95. The Morgan fingerprint density at radius 1 is 1.29 bits per heavy atom. The lowest BCUT2D eigenvalue weighted by Crippen LogP contribution is -2.24. The third-order valence-electron chi connectivity index (χ3n) is 3.26. The van der Waals surface area contributed by atoms with E-state index in [1.807, 2.05) is 18.2 Å². The predicted molar refractivity (Wildman–Crippen MR) is 80.5 cm³/mol. The maximum Gasteiger partial charge on any atom is 0.119 e. The molecule has 118 valence electrons. The summed E-state index contributed by atoms with van der Waals surface area (Å²) in [5.41, 5.74) is 1.20. The smallest absolute Gasteiger partial charge is 0.119 e. The monoisotopic (exact) mass is 295 g/mol. The molecular weight excluding hydrogens is 270 g/mol. The normalized spacial score (nSPS) is 15.9. The van der Waals surface area contributed by atoms with Gasteiger partial charge in [0, 0.05) is 19.7 Å². The van der Waals surface area contributed by atoms with Crippen LogP contribution in [0.1, 0.15) is 18.4 Å². The minimum Gasteiger partial charge on any atom is -0.491 e. The first kappa shape index (κ1) is 16.2. The van der Waals surface area contributed by atoms with Crippen molar-refractivity contribution in [2.75, 3.05) is 33.5 Å². The van der Waals surface area contributed by atoms with Crippen LogP contribution in [0, 0.1) is 0 Å². The molecule has 21 heavy (non-hydrogen) atoms. The first-order valence-electron chi connectivity index (χ1n) is 7.48. The van der Waals surface area contributed by atoms with Crippen molar-refractivity contribution in [1.82, 2.24) is 5.32 Å². The molecule has 1 aliphatic rings. The topological polar surface area (TPSA) is 60.0 Å². The van der Waals surface area contributed by atoms with E-state index in [0.29, 0.717) is 19.3 Å². The van der Waals surface area contributed by atoms with Gasteiger partial charge in [0.2, 0.25) is 0 Å². The molecule has 0 radical (unpaired) electrons. The van der Waals surface area contributed by atoms with Gasteiger partial charge in [0.05, 0.1) is 19.8 Å². The largest absolute Gasteiger partial charge is 0.491 e. The fourth-order valence-electron chi connectivity index (χ4n) is 1.90. The van der Waals surface area contributed by atoms with E-state index >= 15 is 0 Å². The van der Waals surface area contributed by atoms with Gasteiger partial charge in [-0.1, -0.05) is 12.1 Å². The minimum atomic E-state index is -0.630. The summed E-state index contributed by atoms with van der Waals surface area (Å²) < 4.78 is 15.7. The number of methoxy groups -OCH3 is 1. The molecule has 1 saturated carbocycles. The summed E-state index contributed by atoms with van der Waals surface area (Å²) in [7, 11) is 1.62. The highest BCUT2D eigenvalue weighted by Gasteiger charge is 2.19. The van der Waals surface area contributed by atoms with Crippen molar-refractivity contribution in [2.45, 2.75) is 31.5 Å². The molecule has 0 amide bonds. The van der Waals surface area contributed by atoms with Crippen molar-refractivity contribution in [2.24, 2.45) is 0 Å². The molecule has 0 aliphatic heterocycles. The van der Waals surface area contributed by atoms with Crippen LogP contribution in [-0.2, 0) is 16.0 Å². The molecule has 1 aliphatic carbocycles. The van der Waals surface area contributed by atoms with Crippen LogP contribution < -0.4 is 10.1 Å². The summed E-state index contributed by atoms with van der Waals surface area (Å²) >= 11 is 0. The van der Waals surface area contributed by atoms with Crippen molar-refractivity contribution in [3.8, 4) is 5.75 Å². The van der Waals surface area contributed by atoms with E-state index < -0.39 is 6.10 Å². The lowest BCUT2D eigenvalue weighted by molar-refractivity contribution is -0.00420. The molecule has 1 fully saturated rings. The van der Waals surface area contributed by atoms with Crippen LogP contribution in [-0.4, -0.2) is 50.8 Å². The standard InChI is InChI=1S/C16H25NO4/c1-19-7-8-20-11-15(18)12-21-16-4-2-3-13(9-16)10-17-14-5-6-14/h2-4,9,14-15,17-18H,5-8,10-12H2,1H3. The molecule has 0 aromatic heterocycles. The number of hydrogen-bond acceptors (Lipinski definition) is 5. The number of aliphatic hydroxyl groups excluding tert-OH is 1. The lowest BCUT2D eigenvalue weighted by atomic mass is 10.2. The Bertz CT molecular complexity index is 409. The summed E-state index contributed by atoms with van der Waals surface area (Å²) in [6.07, 6.45) is 1.94. The maximum atomic E-state index is 9.76. The van der Waals surface area contributed by atoms with Crippen LogP contribution >= 0.6 is 0 Å². The van der Waals surface area contributed by atoms with Gasteiger partial charge in [-0.2, -0.15) is 0 Å². The van der Waals surface area contributed by atoms with E-state index in [2.05, 4.69) is 11.4 Å². The van der Waals surface area contributed by atoms with Crippen LogP contribution in [0.3, 0.4) is 0 Å². The fraction of sp³-hybridized carbons (Fsp3) is 0.625. The van der Waals surface area contributed by atoms with Crippen molar-refractivity contribution in [3.05, 3.63) is 29.8 Å². The SMILES string of the molecule is COCCOCC(O)COc1cccc(CNC2CC2)c1. The first-order chi connectivity index (χ1) is 10.3. The molecule has 0 heterocycles. The van der Waals surface area contributed by atoms with Crippen molar-refractivity contribution in [1.29, 1.82) is 0 Å². The fourth-order valence-corrected chi connectivity index (χ4v) is 1.90. The average molecular weight is 295 g/mol. The van der Waals surface area contributed by atoms with E-state index in [4.69, 9.17) is 14.2 Å². The number of aliphatic hydroxyl groups is 1. The predicted octanol–water partition coefficient (Wildman–Crippen LogP) is 1.34. The molecular formula is C16H25NO4. The summed E-state index contributed by atoms with van der Waals surface area (Å²) in [5.74, 6) is 0.779. The Morgan fingerprint density at radius 2 is 2.14 bits per heavy atom. The van der Waals surface area contributed by atoms with Gasteiger partial charge >= 0.3 is 0 Å². The van der Waals surface area contributed by atoms with Gasteiger partial charge in [0.25, 0.3) is 0 Å². The van der Waals surface area contributed by atoms with Crippen molar-refractivity contribution in [3.63, 3.8) is 0 Å². The Morgan fingerprint density at radius 3 is 2.90 bits per heavy atom. The Labute approximate surface area is 126 Å². The molecule has 1 aromatic carbocycles. The Hall–Kier alpha value is -1.14. The second kappa shape index (κ2) is 9.00. The van der Waals surface area contributed by atoms with Crippen molar-refractivity contribution < 1.29 is 19.3 Å². The number of nitrogens with one attached hydrogen (secondary N) is 1. The minimum absolute atomic E-state index is 0.229. The lowest BCUT2D eigenvalue weighted by Gasteiger charge is -2.13. The molecule has 2 N–H and O–H groups in total. The van der Waals surface area contributed by atoms with E-state index in [-0.39, 0.29) is 13.2 Å². The molecule has 1 atom stereocenters. The third-order valence-corrected chi connectivity index (χ3v) is 3.26.